The summed E-state index contributed by atoms with van der Waals surface area (Å²) in [4.78, 5) is 27.7. The highest BCUT2D eigenvalue weighted by Crippen LogP contribution is 2.46. The average Bonchev–Trinajstić information content (AvgIpc) is 3.22. The van der Waals surface area contributed by atoms with Gasteiger partial charge in [-0.1, -0.05) is 51.4 Å². The van der Waals surface area contributed by atoms with Crippen molar-refractivity contribution >= 4 is 23.4 Å². The predicted molar refractivity (Wildman–Crippen MR) is 118 cm³/mol. The van der Waals surface area contributed by atoms with E-state index in [2.05, 4.69) is 10.6 Å². The maximum absolute atomic E-state index is 13.4. The molecule has 0 bridgehead atoms. The van der Waals surface area contributed by atoms with Crippen LogP contribution in [-0.4, -0.2) is 53.5 Å². The lowest BCUT2D eigenvalue weighted by Crippen LogP contribution is -2.61. The number of rotatable bonds is 5. The molecule has 2 heterocycles. The van der Waals surface area contributed by atoms with Crippen molar-refractivity contribution in [1.29, 1.82) is 0 Å². The van der Waals surface area contributed by atoms with Crippen LogP contribution in [0.5, 0.6) is 0 Å². The molecule has 7 heteroatoms. The molecule has 2 fully saturated rings. The van der Waals surface area contributed by atoms with Crippen molar-refractivity contribution in [3.8, 4) is 0 Å². The number of nitrogens with zero attached hydrogens (tertiary/aromatic N) is 1. The fraction of sp³-hybridized carbons (Fsp3) is 0.652. The Labute approximate surface area is 184 Å². The van der Waals surface area contributed by atoms with Gasteiger partial charge in [0.05, 0.1) is 11.6 Å². The highest BCUT2D eigenvalue weighted by Gasteiger charge is 2.50. The van der Waals surface area contributed by atoms with Crippen LogP contribution < -0.4 is 10.6 Å². The number of carbonyl (C=O) groups is 2. The lowest BCUT2D eigenvalue weighted by molar-refractivity contribution is -0.156. The van der Waals surface area contributed by atoms with Crippen molar-refractivity contribution < 1.29 is 14.7 Å². The molecule has 1 aromatic rings. The van der Waals surface area contributed by atoms with Crippen LogP contribution in [0.4, 0.5) is 0 Å². The third-order valence-corrected chi connectivity index (χ3v) is 6.94. The Morgan fingerprint density at radius 2 is 1.93 bits per heavy atom. The summed E-state index contributed by atoms with van der Waals surface area (Å²) in [6.07, 6.45) is 2.20. The Balaban J connectivity index is 1.73. The third kappa shape index (κ3) is 4.51. The first-order valence-electron chi connectivity index (χ1n) is 10.9. The molecule has 3 rings (SSSR count). The van der Waals surface area contributed by atoms with E-state index >= 15 is 0 Å². The molecule has 2 aliphatic heterocycles. The molecule has 1 aromatic carbocycles. The fourth-order valence-corrected chi connectivity index (χ4v) is 4.77. The second-order valence-corrected chi connectivity index (χ2v) is 10.1. The zero-order valence-electron chi connectivity index (χ0n) is 18.4. The van der Waals surface area contributed by atoms with Crippen molar-refractivity contribution in [2.45, 2.75) is 64.6 Å². The molecule has 0 radical (unpaired) electrons. The van der Waals surface area contributed by atoms with Gasteiger partial charge in [0, 0.05) is 23.5 Å². The minimum absolute atomic E-state index is 0.0250. The molecule has 0 spiro atoms. The Morgan fingerprint density at radius 3 is 2.47 bits per heavy atom. The molecule has 2 saturated heterocycles. The number of piperidine rings is 1. The smallest absolute Gasteiger partial charge is 0.245 e. The molecule has 6 nitrogen and oxygen atoms in total. The zero-order chi connectivity index (χ0) is 22.1. The van der Waals surface area contributed by atoms with Crippen molar-refractivity contribution in [3.05, 3.63) is 34.9 Å². The molecule has 2 aliphatic rings. The van der Waals surface area contributed by atoms with Gasteiger partial charge in [0.15, 0.2) is 0 Å². The molecular formula is C23H34ClN3O3. The SMILES string of the molecule is CC(C)[C@@H](NC(=O)[C@H]1CCCN1)C(=O)N1CC[C@](O)(c2ccc(Cl)cc2)C(C)(C)C1. The molecule has 30 heavy (non-hydrogen) atoms. The monoisotopic (exact) mass is 435 g/mol. The summed E-state index contributed by atoms with van der Waals surface area (Å²) in [5.41, 5.74) is -0.809. The van der Waals surface area contributed by atoms with Crippen LogP contribution in [0.1, 0.15) is 52.5 Å². The van der Waals surface area contributed by atoms with Crippen molar-refractivity contribution in [3.63, 3.8) is 0 Å². The number of aliphatic hydroxyl groups is 1. The van der Waals surface area contributed by atoms with E-state index in [1.165, 1.54) is 0 Å². The molecule has 2 amide bonds. The van der Waals surface area contributed by atoms with Gasteiger partial charge in [-0.15, -0.1) is 0 Å². The van der Waals surface area contributed by atoms with Gasteiger partial charge in [-0.2, -0.15) is 0 Å². The number of hydrogen-bond acceptors (Lipinski definition) is 4. The number of nitrogens with one attached hydrogen (secondary N) is 2. The maximum atomic E-state index is 13.4. The van der Waals surface area contributed by atoms with Gasteiger partial charge < -0.3 is 20.6 Å². The van der Waals surface area contributed by atoms with Crippen LogP contribution in [0.2, 0.25) is 5.02 Å². The van der Waals surface area contributed by atoms with Gasteiger partial charge in [0.1, 0.15) is 6.04 Å². The molecule has 0 aliphatic carbocycles. The molecule has 0 unspecified atom stereocenters. The largest absolute Gasteiger partial charge is 0.384 e. The Kier molecular flexibility index (Phi) is 6.80. The third-order valence-electron chi connectivity index (χ3n) is 6.69. The van der Waals surface area contributed by atoms with Crippen LogP contribution in [0.3, 0.4) is 0 Å². The minimum Gasteiger partial charge on any atom is -0.384 e. The minimum atomic E-state index is -1.06. The van der Waals surface area contributed by atoms with Crippen molar-refractivity contribution in [1.82, 2.24) is 15.5 Å². The van der Waals surface area contributed by atoms with Gasteiger partial charge in [-0.3, -0.25) is 9.59 Å². The number of hydrogen-bond donors (Lipinski definition) is 3. The fourth-order valence-electron chi connectivity index (χ4n) is 4.64. The summed E-state index contributed by atoms with van der Waals surface area (Å²) in [6, 6.07) is 6.48. The molecule has 3 atom stereocenters. The molecule has 0 aromatic heterocycles. The Morgan fingerprint density at radius 1 is 1.27 bits per heavy atom. The van der Waals surface area contributed by atoms with Crippen LogP contribution >= 0.6 is 11.6 Å². The Bertz CT molecular complexity index is 774. The summed E-state index contributed by atoms with van der Waals surface area (Å²) in [5.74, 6) is -0.209. The van der Waals surface area contributed by atoms with Crippen LogP contribution in [-0.2, 0) is 15.2 Å². The van der Waals surface area contributed by atoms with E-state index in [4.69, 9.17) is 11.6 Å². The molecule has 166 valence electrons. The van der Waals surface area contributed by atoms with Crippen LogP contribution in [0.15, 0.2) is 24.3 Å². The highest BCUT2D eigenvalue weighted by molar-refractivity contribution is 6.30. The summed E-state index contributed by atoms with van der Waals surface area (Å²) in [5, 5.41) is 18.3. The summed E-state index contributed by atoms with van der Waals surface area (Å²) >= 11 is 6.01. The summed E-state index contributed by atoms with van der Waals surface area (Å²) in [6.45, 7) is 9.53. The molecule has 3 N–H and O–H groups in total. The van der Waals surface area contributed by atoms with Gasteiger partial charge in [-0.05, 0) is 49.4 Å². The van der Waals surface area contributed by atoms with E-state index in [0.717, 1.165) is 24.9 Å². The van der Waals surface area contributed by atoms with Crippen molar-refractivity contribution in [2.24, 2.45) is 11.3 Å². The highest BCUT2D eigenvalue weighted by atomic mass is 35.5. The van der Waals surface area contributed by atoms with E-state index in [1.54, 1.807) is 17.0 Å². The topological polar surface area (TPSA) is 81.7 Å². The van der Waals surface area contributed by atoms with E-state index in [9.17, 15) is 14.7 Å². The van der Waals surface area contributed by atoms with E-state index < -0.39 is 17.1 Å². The molecular weight excluding hydrogens is 402 g/mol. The van der Waals surface area contributed by atoms with E-state index in [1.807, 2.05) is 39.8 Å². The second kappa shape index (κ2) is 8.85. The van der Waals surface area contributed by atoms with Gasteiger partial charge in [-0.25, -0.2) is 0 Å². The Hall–Kier alpha value is -1.63. The van der Waals surface area contributed by atoms with Crippen LogP contribution in [0.25, 0.3) is 0 Å². The summed E-state index contributed by atoms with van der Waals surface area (Å²) < 4.78 is 0. The number of amides is 2. The maximum Gasteiger partial charge on any atom is 0.245 e. The zero-order valence-corrected chi connectivity index (χ0v) is 19.1. The normalized spacial score (nSPS) is 27.2. The van der Waals surface area contributed by atoms with Gasteiger partial charge in [0.25, 0.3) is 0 Å². The quantitative estimate of drug-likeness (QED) is 0.664. The van der Waals surface area contributed by atoms with Gasteiger partial charge in [0.2, 0.25) is 11.8 Å². The first kappa shape index (κ1) is 23.0. The summed E-state index contributed by atoms with van der Waals surface area (Å²) in [7, 11) is 0. The number of likely N-dealkylation sites (tertiary alicyclic amines) is 1. The lowest BCUT2D eigenvalue weighted by Gasteiger charge is -2.51. The second-order valence-electron chi connectivity index (χ2n) is 9.64. The van der Waals surface area contributed by atoms with Crippen molar-refractivity contribution in [2.75, 3.05) is 19.6 Å². The average molecular weight is 436 g/mol. The van der Waals surface area contributed by atoms with Crippen LogP contribution in [0, 0.1) is 11.3 Å². The van der Waals surface area contributed by atoms with Gasteiger partial charge >= 0.3 is 0 Å². The first-order valence-corrected chi connectivity index (χ1v) is 11.2. The lowest BCUT2D eigenvalue weighted by atomic mass is 9.66. The predicted octanol–water partition coefficient (Wildman–Crippen LogP) is 2.68. The standard InChI is InChI=1S/C23H34ClN3O3/c1-15(2)19(26-20(28)18-6-5-12-25-18)21(29)27-13-11-23(30,22(3,4)14-27)16-7-9-17(24)10-8-16/h7-10,15,18-19,25,30H,5-6,11-14H2,1-4H3,(H,26,28)/t18-,19-,23+/m1/s1. The van der Waals surface area contributed by atoms with E-state index in [0.29, 0.717) is 24.5 Å². The number of halogens is 1. The first-order chi connectivity index (χ1) is 14.0. The number of carbonyl (C=O) groups excluding carboxylic acids is 2. The van der Waals surface area contributed by atoms with E-state index in [-0.39, 0.29) is 23.8 Å². The number of benzene rings is 1. The molecule has 0 saturated carbocycles.